The quantitative estimate of drug-likeness (QED) is 0.375. The monoisotopic (exact) mass is 519 g/mol. The van der Waals surface area contributed by atoms with Gasteiger partial charge in [0, 0.05) is 24.0 Å². The molecule has 4 rings (SSSR count). The molecule has 9 heteroatoms. The maximum Gasteiger partial charge on any atom is 0.228 e. The van der Waals surface area contributed by atoms with Crippen LogP contribution in [-0.4, -0.2) is 41.8 Å². The van der Waals surface area contributed by atoms with Gasteiger partial charge in [-0.15, -0.1) is 0 Å². The molecule has 1 aromatic heterocycles. The molecule has 1 fully saturated rings. The molecule has 200 valence electrons. The Hall–Kier alpha value is -3.98. The number of pyridine rings is 1. The van der Waals surface area contributed by atoms with Gasteiger partial charge in [-0.25, -0.2) is 4.39 Å². The lowest BCUT2D eigenvalue weighted by atomic mass is 10.1. The standard InChI is InChI=1S/C29H34FN5O3/c1-29(2,3)34-18-20(17-31)35-28(36)15-19-4-7-27(24(30)14-19)38-26-10-13-33-25-6-5-22(16-23(25)26)37-21-8-11-32-12-9-21/h4-7,10,13-14,16-18,21,32H,8-9,11-12,15,31H2,1-3H3,(H,35,36)/b20-17+,34-18?. The number of ether oxygens (including phenoxy) is 2. The van der Waals surface area contributed by atoms with Gasteiger partial charge in [0.15, 0.2) is 11.6 Å². The molecule has 2 aromatic carbocycles. The molecular weight excluding hydrogens is 485 g/mol. The highest BCUT2D eigenvalue weighted by Gasteiger charge is 2.16. The molecule has 8 nitrogen and oxygen atoms in total. The Balaban J connectivity index is 1.45. The van der Waals surface area contributed by atoms with Crippen molar-refractivity contribution in [2.45, 2.75) is 51.7 Å². The second kappa shape index (κ2) is 12.0. The van der Waals surface area contributed by atoms with Crippen LogP contribution in [0.25, 0.3) is 10.9 Å². The summed E-state index contributed by atoms with van der Waals surface area (Å²) >= 11 is 0. The summed E-state index contributed by atoms with van der Waals surface area (Å²) in [5.74, 6) is 0.322. The van der Waals surface area contributed by atoms with E-state index in [9.17, 15) is 9.18 Å². The van der Waals surface area contributed by atoms with Gasteiger partial charge in [-0.2, -0.15) is 0 Å². The zero-order valence-corrected chi connectivity index (χ0v) is 22.0. The molecule has 38 heavy (non-hydrogen) atoms. The number of rotatable bonds is 8. The SMILES string of the molecule is CC(C)(C)N=C/C(=C\N)NC(=O)Cc1ccc(Oc2ccnc3ccc(OC4CCNCC4)cc23)c(F)c1. The Morgan fingerprint density at radius 2 is 1.97 bits per heavy atom. The van der Waals surface area contributed by atoms with E-state index < -0.39 is 5.82 Å². The van der Waals surface area contributed by atoms with Crippen LogP contribution in [0, 0.1) is 5.82 Å². The first-order valence-corrected chi connectivity index (χ1v) is 12.7. The third-order valence-corrected chi connectivity index (χ3v) is 5.90. The van der Waals surface area contributed by atoms with Crippen LogP contribution in [0.5, 0.6) is 17.2 Å². The van der Waals surface area contributed by atoms with Crippen molar-refractivity contribution < 1.29 is 18.7 Å². The largest absolute Gasteiger partial charge is 0.490 e. The van der Waals surface area contributed by atoms with E-state index in [-0.39, 0.29) is 29.7 Å². The Labute approximate surface area is 222 Å². The van der Waals surface area contributed by atoms with Gasteiger partial charge in [-0.05, 0) is 88.7 Å². The Morgan fingerprint density at radius 3 is 2.68 bits per heavy atom. The van der Waals surface area contributed by atoms with Crippen molar-refractivity contribution in [1.82, 2.24) is 15.6 Å². The van der Waals surface area contributed by atoms with Crippen LogP contribution < -0.4 is 25.8 Å². The first-order valence-electron chi connectivity index (χ1n) is 12.7. The third-order valence-electron chi connectivity index (χ3n) is 5.90. The van der Waals surface area contributed by atoms with Gasteiger partial charge in [0.1, 0.15) is 17.6 Å². The smallest absolute Gasteiger partial charge is 0.228 e. The highest BCUT2D eigenvalue weighted by molar-refractivity contribution is 5.89. The van der Waals surface area contributed by atoms with E-state index in [1.807, 2.05) is 39.0 Å². The maximum absolute atomic E-state index is 15.0. The number of piperidine rings is 1. The molecule has 1 saturated heterocycles. The van der Waals surface area contributed by atoms with Crippen molar-refractivity contribution in [3.8, 4) is 17.2 Å². The summed E-state index contributed by atoms with van der Waals surface area (Å²) in [5, 5.41) is 6.74. The number of carbonyl (C=O) groups excluding carboxylic acids is 1. The number of nitrogens with zero attached hydrogens (tertiary/aromatic N) is 2. The Bertz CT molecular complexity index is 1340. The normalized spacial score (nSPS) is 15.1. The first-order chi connectivity index (χ1) is 18.2. The summed E-state index contributed by atoms with van der Waals surface area (Å²) in [6.45, 7) is 7.66. The highest BCUT2D eigenvalue weighted by atomic mass is 19.1. The van der Waals surface area contributed by atoms with Crippen LogP contribution in [0.15, 0.2) is 65.6 Å². The van der Waals surface area contributed by atoms with Crippen molar-refractivity contribution in [2.24, 2.45) is 10.7 Å². The Kier molecular flexibility index (Phi) is 8.58. The molecule has 0 aliphatic carbocycles. The van der Waals surface area contributed by atoms with E-state index in [4.69, 9.17) is 15.2 Å². The fraction of sp³-hybridized carbons (Fsp3) is 0.345. The van der Waals surface area contributed by atoms with Crippen LogP contribution in [0.1, 0.15) is 39.2 Å². The zero-order chi connectivity index (χ0) is 27.1. The van der Waals surface area contributed by atoms with Gasteiger partial charge >= 0.3 is 0 Å². The van der Waals surface area contributed by atoms with E-state index in [2.05, 4.69) is 20.6 Å². The molecule has 0 radical (unpaired) electrons. The summed E-state index contributed by atoms with van der Waals surface area (Å²) < 4.78 is 27.1. The number of allylic oxidation sites excluding steroid dienone is 1. The number of aliphatic imine (C=N–C) groups is 1. The van der Waals surface area contributed by atoms with Crippen molar-refractivity contribution in [3.05, 3.63) is 71.9 Å². The average Bonchev–Trinajstić information content (AvgIpc) is 2.88. The van der Waals surface area contributed by atoms with E-state index in [0.717, 1.165) is 37.1 Å². The summed E-state index contributed by atoms with van der Waals surface area (Å²) in [7, 11) is 0. The summed E-state index contributed by atoms with van der Waals surface area (Å²) in [6, 6.07) is 11.8. The zero-order valence-electron chi connectivity index (χ0n) is 22.0. The molecule has 0 saturated carbocycles. The van der Waals surface area contributed by atoms with E-state index in [1.165, 1.54) is 24.5 Å². The number of halogens is 1. The van der Waals surface area contributed by atoms with Crippen LogP contribution in [0.4, 0.5) is 4.39 Å². The van der Waals surface area contributed by atoms with Crippen LogP contribution in [0.3, 0.4) is 0 Å². The second-order valence-corrected chi connectivity index (χ2v) is 10.2. The fourth-order valence-corrected chi connectivity index (χ4v) is 3.99. The predicted octanol–water partition coefficient (Wildman–Crippen LogP) is 4.63. The lowest BCUT2D eigenvalue weighted by Crippen LogP contribution is -2.34. The molecule has 2 heterocycles. The highest BCUT2D eigenvalue weighted by Crippen LogP contribution is 2.33. The minimum Gasteiger partial charge on any atom is -0.490 e. The summed E-state index contributed by atoms with van der Waals surface area (Å²) in [4.78, 5) is 21.2. The molecule has 0 bridgehead atoms. The predicted molar refractivity (Wildman–Crippen MR) is 147 cm³/mol. The number of aromatic nitrogens is 1. The van der Waals surface area contributed by atoms with Crippen molar-refractivity contribution in [1.29, 1.82) is 0 Å². The average molecular weight is 520 g/mol. The number of hydrogen-bond acceptors (Lipinski definition) is 7. The number of nitrogens with two attached hydrogens (primary N) is 1. The lowest BCUT2D eigenvalue weighted by Gasteiger charge is -2.24. The number of benzene rings is 2. The van der Waals surface area contributed by atoms with E-state index in [0.29, 0.717) is 22.5 Å². The minimum absolute atomic E-state index is 0.0343. The molecule has 1 amide bonds. The van der Waals surface area contributed by atoms with Crippen LogP contribution in [-0.2, 0) is 11.2 Å². The molecule has 1 aliphatic heterocycles. The molecule has 3 aromatic rings. The van der Waals surface area contributed by atoms with Crippen molar-refractivity contribution in [3.63, 3.8) is 0 Å². The van der Waals surface area contributed by atoms with Crippen molar-refractivity contribution >= 4 is 23.0 Å². The Morgan fingerprint density at radius 1 is 1.18 bits per heavy atom. The number of nitrogens with one attached hydrogen (secondary N) is 2. The lowest BCUT2D eigenvalue weighted by molar-refractivity contribution is -0.119. The van der Waals surface area contributed by atoms with Gasteiger partial charge in [-0.3, -0.25) is 14.8 Å². The van der Waals surface area contributed by atoms with Gasteiger partial charge in [0.05, 0.1) is 23.2 Å². The van der Waals surface area contributed by atoms with E-state index >= 15 is 0 Å². The van der Waals surface area contributed by atoms with Crippen LogP contribution in [0.2, 0.25) is 0 Å². The minimum atomic E-state index is -0.578. The van der Waals surface area contributed by atoms with Gasteiger partial charge in [0.25, 0.3) is 0 Å². The first kappa shape index (κ1) is 27.1. The third kappa shape index (κ3) is 7.52. The van der Waals surface area contributed by atoms with Gasteiger partial charge < -0.3 is 25.8 Å². The molecule has 0 spiro atoms. The number of fused-ring (bicyclic) bond motifs is 1. The summed E-state index contributed by atoms with van der Waals surface area (Å²) in [5.41, 5.74) is 6.87. The molecule has 1 aliphatic rings. The maximum atomic E-state index is 15.0. The second-order valence-electron chi connectivity index (χ2n) is 10.2. The molecule has 0 unspecified atom stereocenters. The number of amides is 1. The summed E-state index contributed by atoms with van der Waals surface area (Å²) in [6.07, 6.45) is 6.40. The fourth-order valence-electron chi connectivity index (χ4n) is 3.99. The van der Waals surface area contributed by atoms with Crippen LogP contribution >= 0.6 is 0 Å². The van der Waals surface area contributed by atoms with E-state index in [1.54, 1.807) is 18.3 Å². The number of carbonyl (C=O) groups is 1. The van der Waals surface area contributed by atoms with Gasteiger partial charge in [-0.1, -0.05) is 6.07 Å². The molecule has 0 atom stereocenters. The molecule has 4 N–H and O–H groups in total. The van der Waals surface area contributed by atoms with Crippen molar-refractivity contribution in [2.75, 3.05) is 13.1 Å². The van der Waals surface area contributed by atoms with Gasteiger partial charge in [0.2, 0.25) is 5.91 Å². The topological polar surface area (TPSA) is 111 Å². The molecular formula is C29H34FN5O3. The number of hydrogen-bond donors (Lipinski definition) is 3.